The average molecular weight is 393 g/mol. The molecular weight excluding hydrogens is 375 g/mol. The molecular formula is C15H18F3N3O4S. The number of aromatic nitrogens is 1. The van der Waals surface area contributed by atoms with Gasteiger partial charge in [0.2, 0.25) is 15.7 Å². The maximum Gasteiger partial charge on any atom is 0.417 e. The fourth-order valence-corrected chi connectivity index (χ4v) is 4.86. The molecule has 1 saturated heterocycles. The van der Waals surface area contributed by atoms with Crippen molar-refractivity contribution in [2.24, 2.45) is 5.73 Å². The number of hydrogen-bond donors (Lipinski definition) is 2. The van der Waals surface area contributed by atoms with Crippen LogP contribution in [-0.4, -0.2) is 54.0 Å². The third-order valence-electron chi connectivity index (χ3n) is 5.09. The van der Waals surface area contributed by atoms with E-state index < -0.39 is 45.1 Å². The van der Waals surface area contributed by atoms with Crippen LogP contribution in [0.4, 0.5) is 19.0 Å². The number of carbonyl (C=O) groups is 1. The van der Waals surface area contributed by atoms with Gasteiger partial charge < -0.3 is 15.7 Å². The molecule has 1 aliphatic carbocycles. The molecule has 0 aromatic carbocycles. The number of carbonyl (C=O) groups excluding carboxylic acids is 1. The molecule has 1 saturated carbocycles. The van der Waals surface area contributed by atoms with Crippen molar-refractivity contribution in [2.45, 2.75) is 47.2 Å². The van der Waals surface area contributed by atoms with Gasteiger partial charge in [-0.15, -0.1) is 0 Å². The van der Waals surface area contributed by atoms with Crippen LogP contribution in [0.1, 0.15) is 25.7 Å². The number of alkyl halides is 3. The number of pyridine rings is 1. The van der Waals surface area contributed by atoms with E-state index in [1.807, 2.05) is 0 Å². The standard InChI is InChI=1S/C15H18F3N3O4S/c16-15(17,18)14(23)6-8-21(9-7-14)10-2-1-3-11(20-10)26(24,25)13(4-5-13)12(19)22/h1-3,23H,4-9H2,(H2,19,22). The van der Waals surface area contributed by atoms with Crippen molar-refractivity contribution >= 4 is 21.6 Å². The lowest BCUT2D eigenvalue weighted by Gasteiger charge is -2.39. The number of primary amides is 1. The number of nitrogens with two attached hydrogens (primary N) is 1. The number of halogens is 3. The predicted octanol–water partition coefficient (Wildman–Crippen LogP) is 0.767. The van der Waals surface area contributed by atoms with Gasteiger partial charge in [-0.3, -0.25) is 4.79 Å². The summed E-state index contributed by atoms with van der Waals surface area (Å²) in [6.07, 6.45) is -5.56. The highest BCUT2D eigenvalue weighted by atomic mass is 32.2. The second-order valence-electron chi connectivity index (χ2n) is 6.71. The second-order valence-corrected chi connectivity index (χ2v) is 8.92. The average Bonchev–Trinajstić information content (AvgIpc) is 3.37. The van der Waals surface area contributed by atoms with E-state index in [2.05, 4.69) is 4.98 Å². The summed E-state index contributed by atoms with van der Waals surface area (Å²) < 4.78 is 62.3. The Labute approximate surface area is 147 Å². The van der Waals surface area contributed by atoms with E-state index in [1.54, 1.807) is 0 Å². The Balaban J connectivity index is 1.83. The summed E-state index contributed by atoms with van der Waals surface area (Å²) in [6.45, 7) is -0.263. The van der Waals surface area contributed by atoms with Crippen molar-refractivity contribution in [3.05, 3.63) is 18.2 Å². The highest BCUT2D eigenvalue weighted by Crippen LogP contribution is 2.46. The normalized spacial score (nSPS) is 22.1. The lowest BCUT2D eigenvalue weighted by molar-refractivity contribution is -0.266. The SMILES string of the molecule is NC(=O)C1(S(=O)(=O)c2cccc(N3CCC(O)(C(F)(F)F)CC3)n2)CC1. The number of amides is 1. The molecule has 7 nitrogen and oxygen atoms in total. The van der Waals surface area contributed by atoms with Crippen LogP contribution in [0.2, 0.25) is 0 Å². The van der Waals surface area contributed by atoms with Crippen LogP contribution in [0.5, 0.6) is 0 Å². The molecule has 3 N–H and O–H groups in total. The molecule has 1 amide bonds. The molecule has 144 valence electrons. The summed E-state index contributed by atoms with van der Waals surface area (Å²) in [6, 6.07) is 4.12. The molecule has 1 aromatic rings. The Morgan fingerprint density at radius 3 is 2.23 bits per heavy atom. The molecule has 0 bridgehead atoms. The van der Waals surface area contributed by atoms with Crippen molar-refractivity contribution < 1.29 is 31.5 Å². The van der Waals surface area contributed by atoms with Crippen LogP contribution < -0.4 is 10.6 Å². The van der Waals surface area contributed by atoms with Crippen molar-refractivity contribution in [3.63, 3.8) is 0 Å². The molecule has 0 atom stereocenters. The Morgan fingerprint density at radius 2 is 1.77 bits per heavy atom. The molecule has 0 spiro atoms. The second kappa shape index (κ2) is 5.81. The zero-order chi connectivity index (χ0) is 19.4. The zero-order valence-corrected chi connectivity index (χ0v) is 14.5. The molecule has 0 radical (unpaired) electrons. The van der Waals surface area contributed by atoms with E-state index >= 15 is 0 Å². The minimum Gasteiger partial charge on any atom is -0.380 e. The molecule has 1 aromatic heterocycles. The highest BCUT2D eigenvalue weighted by Gasteiger charge is 2.61. The monoisotopic (exact) mass is 393 g/mol. The minimum atomic E-state index is -4.72. The summed E-state index contributed by atoms with van der Waals surface area (Å²) >= 11 is 0. The predicted molar refractivity (Wildman–Crippen MR) is 85.0 cm³/mol. The maximum absolute atomic E-state index is 12.9. The largest absolute Gasteiger partial charge is 0.417 e. The Hall–Kier alpha value is -1.88. The summed E-state index contributed by atoms with van der Waals surface area (Å²) in [5, 5.41) is 9.38. The summed E-state index contributed by atoms with van der Waals surface area (Å²) in [5.41, 5.74) is 2.46. The van der Waals surface area contributed by atoms with E-state index in [-0.39, 0.29) is 36.8 Å². The molecule has 26 heavy (non-hydrogen) atoms. The first kappa shape index (κ1) is 18.9. The fourth-order valence-electron chi connectivity index (χ4n) is 3.08. The van der Waals surface area contributed by atoms with E-state index in [9.17, 15) is 31.5 Å². The van der Waals surface area contributed by atoms with Crippen molar-refractivity contribution in [1.82, 2.24) is 4.98 Å². The highest BCUT2D eigenvalue weighted by molar-refractivity contribution is 7.93. The van der Waals surface area contributed by atoms with Crippen LogP contribution >= 0.6 is 0 Å². The van der Waals surface area contributed by atoms with Gasteiger partial charge in [-0.2, -0.15) is 13.2 Å². The maximum atomic E-state index is 12.9. The van der Waals surface area contributed by atoms with Crippen molar-refractivity contribution in [3.8, 4) is 0 Å². The lowest BCUT2D eigenvalue weighted by Crippen LogP contribution is -2.53. The van der Waals surface area contributed by atoms with Crippen LogP contribution in [0.3, 0.4) is 0 Å². The van der Waals surface area contributed by atoms with Gasteiger partial charge >= 0.3 is 6.18 Å². The van der Waals surface area contributed by atoms with Crippen molar-refractivity contribution in [1.29, 1.82) is 0 Å². The topological polar surface area (TPSA) is 114 Å². The summed E-state index contributed by atoms with van der Waals surface area (Å²) in [4.78, 5) is 17.0. The smallest absolute Gasteiger partial charge is 0.380 e. The van der Waals surface area contributed by atoms with Gasteiger partial charge in [-0.25, -0.2) is 13.4 Å². The number of piperidine rings is 1. The van der Waals surface area contributed by atoms with Crippen LogP contribution in [0.25, 0.3) is 0 Å². The number of rotatable bonds is 4. The fraction of sp³-hybridized carbons (Fsp3) is 0.600. The molecule has 3 rings (SSSR count). The van der Waals surface area contributed by atoms with Gasteiger partial charge in [-0.05, 0) is 25.0 Å². The van der Waals surface area contributed by atoms with Crippen LogP contribution in [0.15, 0.2) is 23.2 Å². The molecule has 2 heterocycles. The quantitative estimate of drug-likeness (QED) is 0.781. The van der Waals surface area contributed by atoms with E-state index in [0.29, 0.717) is 0 Å². The Bertz CT molecular complexity index is 829. The van der Waals surface area contributed by atoms with E-state index in [1.165, 1.54) is 23.1 Å². The Kier molecular flexibility index (Phi) is 4.22. The first-order valence-corrected chi connectivity index (χ1v) is 9.47. The summed E-state index contributed by atoms with van der Waals surface area (Å²) in [7, 11) is -4.08. The molecule has 2 aliphatic rings. The van der Waals surface area contributed by atoms with Gasteiger partial charge in [0.05, 0.1) is 0 Å². The van der Waals surface area contributed by atoms with Crippen LogP contribution in [-0.2, 0) is 14.6 Å². The van der Waals surface area contributed by atoms with E-state index in [4.69, 9.17) is 5.73 Å². The molecule has 11 heteroatoms. The minimum absolute atomic E-state index is 0.124. The van der Waals surface area contributed by atoms with Gasteiger partial charge in [0.1, 0.15) is 5.82 Å². The van der Waals surface area contributed by atoms with Gasteiger partial charge in [0.15, 0.2) is 15.4 Å². The number of hydrogen-bond acceptors (Lipinski definition) is 6. The van der Waals surface area contributed by atoms with Crippen LogP contribution in [0, 0.1) is 0 Å². The zero-order valence-electron chi connectivity index (χ0n) is 13.7. The Morgan fingerprint density at radius 1 is 1.19 bits per heavy atom. The first-order chi connectivity index (χ1) is 11.9. The molecule has 1 aliphatic heterocycles. The number of anilines is 1. The first-order valence-electron chi connectivity index (χ1n) is 7.99. The molecule has 0 unspecified atom stereocenters. The van der Waals surface area contributed by atoms with Gasteiger partial charge in [0.25, 0.3) is 0 Å². The number of aliphatic hydroxyl groups is 1. The third kappa shape index (κ3) is 2.82. The number of sulfone groups is 1. The third-order valence-corrected chi connectivity index (χ3v) is 7.51. The van der Waals surface area contributed by atoms with Gasteiger partial charge in [0, 0.05) is 25.9 Å². The lowest BCUT2D eigenvalue weighted by atomic mass is 9.91. The van der Waals surface area contributed by atoms with E-state index in [0.717, 1.165) is 0 Å². The van der Waals surface area contributed by atoms with Crippen molar-refractivity contribution in [2.75, 3.05) is 18.0 Å². The van der Waals surface area contributed by atoms with Gasteiger partial charge in [-0.1, -0.05) is 6.07 Å². The number of nitrogens with zero attached hydrogens (tertiary/aromatic N) is 2. The molecule has 2 fully saturated rings. The summed E-state index contributed by atoms with van der Waals surface area (Å²) in [5.74, 6) is -0.756.